The molecule has 3 aromatic rings. The molecule has 4 rings (SSSR count). The van der Waals surface area contributed by atoms with Gasteiger partial charge in [-0.3, -0.25) is 19.7 Å². The van der Waals surface area contributed by atoms with Crippen molar-refractivity contribution in [2.45, 2.75) is 25.2 Å². The average Bonchev–Trinajstić information content (AvgIpc) is 3.56. The standard InChI is InChI=1S/C25H27N5O6/c31-19-10-11-29(15-19)23(33)20-12-21(28-27-20)24(34)30(26-13-22(32)25(35)36)14-16-6-8-18(9-7-16)17-4-2-1-3-5-17/h1-9,12,19,22,26,31-32H,10-11,13-15H2,(H,27,28)(H,35,36)/t19-,22?/m1/s1. The van der Waals surface area contributed by atoms with E-state index in [2.05, 4.69) is 15.6 Å². The molecule has 36 heavy (non-hydrogen) atoms. The van der Waals surface area contributed by atoms with Crippen LogP contribution in [0.2, 0.25) is 0 Å². The molecule has 2 heterocycles. The maximum Gasteiger partial charge on any atom is 0.333 e. The number of nitrogens with zero attached hydrogens (tertiary/aromatic N) is 3. The van der Waals surface area contributed by atoms with E-state index < -0.39 is 30.6 Å². The fraction of sp³-hybridized carbons (Fsp3) is 0.280. The van der Waals surface area contributed by atoms with E-state index in [0.29, 0.717) is 13.0 Å². The molecule has 5 N–H and O–H groups in total. The van der Waals surface area contributed by atoms with Crippen molar-refractivity contribution in [2.75, 3.05) is 19.6 Å². The molecule has 2 atom stereocenters. The van der Waals surface area contributed by atoms with E-state index >= 15 is 0 Å². The molecule has 11 heteroatoms. The maximum atomic E-state index is 13.2. The Balaban J connectivity index is 1.50. The molecule has 0 aliphatic carbocycles. The van der Waals surface area contributed by atoms with Crippen LogP contribution in [0.25, 0.3) is 11.1 Å². The monoisotopic (exact) mass is 493 g/mol. The number of amides is 2. The van der Waals surface area contributed by atoms with Crippen molar-refractivity contribution in [2.24, 2.45) is 0 Å². The summed E-state index contributed by atoms with van der Waals surface area (Å²) in [7, 11) is 0. The number of aliphatic hydroxyl groups is 2. The zero-order valence-corrected chi connectivity index (χ0v) is 19.4. The highest BCUT2D eigenvalue weighted by atomic mass is 16.4. The molecular weight excluding hydrogens is 466 g/mol. The van der Waals surface area contributed by atoms with Crippen LogP contribution in [0.15, 0.2) is 60.7 Å². The number of hydrogen-bond donors (Lipinski definition) is 5. The van der Waals surface area contributed by atoms with Crippen molar-refractivity contribution in [1.82, 2.24) is 25.5 Å². The topological polar surface area (TPSA) is 159 Å². The minimum atomic E-state index is -1.72. The Hall–Kier alpha value is -4.06. The molecule has 1 fully saturated rings. The van der Waals surface area contributed by atoms with Crippen LogP contribution >= 0.6 is 0 Å². The van der Waals surface area contributed by atoms with Crippen LogP contribution in [0.3, 0.4) is 0 Å². The summed E-state index contributed by atoms with van der Waals surface area (Å²) < 4.78 is 0. The summed E-state index contributed by atoms with van der Waals surface area (Å²) in [6.07, 6.45) is -1.82. The number of aliphatic carboxylic acids is 1. The molecule has 2 aromatic carbocycles. The van der Waals surface area contributed by atoms with Crippen LogP contribution in [-0.4, -0.2) is 85.1 Å². The molecule has 1 aromatic heterocycles. The molecule has 0 spiro atoms. The number of nitrogens with one attached hydrogen (secondary N) is 2. The summed E-state index contributed by atoms with van der Waals surface area (Å²) in [6, 6.07) is 18.6. The van der Waals surface area contributed by atoms with Gasteiger partial charge in [-0.05, 0) is 23.1 Å². The number of carboxylic acids is 1. The molecule has 1 saturated heterocycles. The van der Waals surface area contributed by atoms with Gasteiger partial charge in [-0.25, -0.2) is 10.2 Å². The third-order valence-electron chi connectivity index (χ3n) is 5.89. The Morgan fingerprint density at radius 1 is 1.11 bits per heavy atom. The van der Waals surface area contributed by atoms with Gasteiger partial charge in [-0.1, -0.05) is 54.6 Å². The van der Waals surface area contributed by atoms with Gasteiger partial charge in [0.2, 0.25) is 0 Å². The van der Waals surface area contributed by atoms with Gasteiger partial charge in [0.25, 0.3) is 11.8 Å². The number of hydrogen-bond acceptors (Lipinski definition) is 7. The number of rotatable bonds is 9. The third kappa shape index (κ3) is 5.95. The Labute approximate surface area is 206 Å². The fourth-order valence-electron chi connectivity index (χ4n) is 3.88. The fourth-order valence-corrected chi connectivity index (χ4v) is 3.88. The lowest BCUT2D eigenvalue weighted by Crippen LogP contribution is -2.47. The summed E-state index contributed by atoms with van der Waals surface area (Å²) in [5.74, 6) is -2.42. The Morgan fingerprint density at radius 2 is 1.81 bits per heavy atom. The summed E-state index contributed by atoms with van der Waals surface area (Å²) in [6.45, 7) is 0.253. The van der Waals surface area contributed by atoms with Crippen LogP contribution < -0.4 is 5.43 Å². The van der Waals surface area contributed by atoms with Crippen LogP contribution in [0.5, 0.6) is 0 Å². The molecule has 0 saturated carbocycles. The second kappa shape index (κ2) is 11.1. The summed E-state index contributed by atoms with van der Waals surface area (Å²) >= 11 is 0. The third-order valence-corrected chi connectivity index (χ3v) is 5.89. The molecule has 11 nitrogen and oxygen atoms in total. The number of aromatic nitrogens is 2. The first-order valence-electron chi connectivity index (χ1n) is 11.4. The van der Waals surface area contributed by atoms with Crippen LogP contribution in [0.4, 0.5) is 0 Å². The zero-order valence-electron chi connectivity index (χ0n) is 19.4. The minimum absolute atomic E-state index is 0.0503. The predicted octanol–water partition coefficient (Wildman–Crippen LogP) is 0.876. The quantitative estimate of drug-likeness (QED) is 0.275. The lowest BCUT2D eigenvalue weighted by atomic mass is 10.0. The first-order valence-corrected chi connectivity index (χ1v) is 11.4. The molecule has 1 aliphatic heterocycles. The number of β-amino-alcohol motifs (C(OH)–C–C–N with tert-alkyl or cyclic N) is 1. The summed E-state index contributed by atoms with van der Waals surface area (Å²) in [5.41, 5.74) is 5.49. The first-order chi connectivity index (χ1) is 17.3. The van der Waals surface area contributed by atoms with Crippen molar-refractivity contribution in [3.8, 4) is 11.1 Å². The number of carboxylic acid groups (broad SMARTS) is 1. The SMILES string of the molecule is O=C(O)C(O)CNN(Cc1ccc(-c2ccccc2)cc1)C(=O)c1cc(C(=O)N2CC[C@@H](O)C2)[nH]n1. The molecule has 1 aliphatic rings. The van der Waals surface area contributed by atoms with E-state index in [0.717, 1.165) is 21.7 Å². The largest absolute Gasteiger partial charge is 0.479 e. The van der Waals surface area contributed by atoms with Crippen LogP contribution in [0.1, 0.15) is 33.0 Å². The number of aliphatic hydroxyl groups excluding tert-OH is 2. The minimum Gasteiger partial charge on any atom is -0.479 e. The van der Waals surface area contributed by atoms with E-state index in [1.165, 1.54) is 11.0 Å². The van der Waals surface area contributed by atoms with Gasteiger partial charge in [0.05, 0.1) is 19.2 Å². The highest BCUT2D eigenvalue weighted by molar-refractivity contribution is 5.97. The number of carbonyl (C=O) groups is 3. The van der Waals surface area contributed by atoms with Gasteiger partial charge in [-0.2, -0.15) is 5.10 Å². The van der Waals surface area contributed by atoms with E-state index in [1.807, 2.05) is 54.6 Å². The Bertz CT molecular complexity index is 1210. The van der Waals surface area contributed by atoms with Gasteiger partial charge < -0.3 is 20.2 Å². The molecule has 1 unspecified atom stereocenters. The Morgan fingerprint density at radius 3 is 2.44 bits per heavy atom. The van der Waals surface area contributed by atoms with Crippen LogP contribution in [0, 0.1) is 0 Å². The molecule has 0 radical (unpaired) electrons. The van der Waals surface area contributed by atoms with Gasteiger partial charge in [0.1, 0.15) is 5.69 Å². The second-order valence-corrected chi connectivity index (χ2v) is 8.53. The number of hydrazine groups is 1. The number of carbonyl (C=O) groups excluding carboxylic acids is 2. The lowest BCUT2D eigenvalue weighted by Gasteiger charge is -2.23. The summed E-state index contributed by atoms with van der Waals surface area (Å²) in [4.78, 5) is 38.4. The van der Waals surface area contributed by atoms with Crippen molar-refractivity contribution < 1.29 is 29.7 Å². The second-order valence-electron chi connectivity index (χ2n) is 8.53. The molecular formula is C25H27N5O6. The van der Waals surface area contributed by atoms with Gasteiger partial charge in [-0.15, -0.1) is 0 Å². The van der Waals surface area contributed by atoms with Gasteiger partial charge >= 0.3 is 5.97 Å². The highest BCUT2D eigenvalue weighted by Gasteiger charge is 2.28. The van der Waals surface area contributed by atoms with Crippen LogP contribution in [-0.2, 0) is 11.3 Å². The summed E-state index contributed by atoms with van der Waals surface area (Å²) in [5, 5.41) is 36.0. The smallest absolute Gasteiger partial charge is 0.333 e. The van der Waals surface area contributed by atoms with Crippen molar-refractivity contribution in [3.05, 3.63) is 77.6 Å². The van der Waals surface area contributed by atoms with E-state index in [-0.39, 0.29) is 30.4 Å². The van der Waals surface area contributed by atoms with E-state index in [1.54, 1.807) is 0 Å². The maximum absolute atomic E-state index is 13.2. The first kappa shape index (κ1) is 25.0. The van der Waals surface area contributed by atoms with Crippen molar-refractivity contribution >= 4 is 17.8 Å². The normalized spacial score (nSPS) is 16.1. The number of benzene rings is 2. The van der Waals surface area contributed by atoms with Gasteiger partial charge in [0.15, 0.2) is 11.8 Å². The molecule has 2 amide bonds. The van der Waals surface area contributed by atoms with E-state index in [9.17, 15) is 24.6 Å². The average molecular weight is 494 g/mol. The number of likely N-dealkylation sites (tertiary alicyclic amines) is 1. The van der Waals surface area contributed by atoms with Crippen molar-refractivity contribution in [1.29, 1.82) is 0 Å². The predicted molar refractivity (Wildman–Crippen MR) is 129 cm³/mol. The molecule has 188 valence electrons. The van der Waals surface area contributed by atoms with Gasteiger partial charge in [0, 0.05) is 19.2 Å². The van der Waals surface area contributed by atoms with E-state index in [4.69, 9.17) is 5.11 Å². The highest BCUT2D eigenvalue weighted by Crippen LogP contribution is 2.20. The zero-order chi connectivity index (χ0) is 25.7. The number of aromatic amines is 1. The lowest BCUT2D eigenvalue weighted by molar-refractivity contribution is -0.146. The Kier molecular flexibility index (Phi) is 7.74. The van der Waals surface area contributed by atoms with Crippen molar-refractivity contribution in [3.63, 3.8) is 0 Å². The molecule has 0 bridgehead atoms. The number of H-pyrrole nitrogens is 1.